The van der Waals surface area contributed by atoms with Crippen LogP contribution in [-0.2, 0) is 11.6 Å². The van der Waals surface area contributed by atoms with E-state index in [1.165, 1.54) is 11.1 Å². The first-order valence-electron chi connectivity index (χ1n) is 8.41. The van der Waals surface area contributed by atoms with Gasteiger partial charge in [-0.25, -0.2) is 9.37 Å². The Bertz CT molecular complexity index is 843. The highest BCUT2D eigenvalue weighted by Gasteiger charge is 2.45. The number of carbonyl (C=O) groups excluding carboxylic acids is 1. The molecule has 0 bridgehead atoms. The lowest BCUT2D eigenvalue weighted by Crippen LogP contribution is -2.23. The van der Waals surface area contributed by atoms with Crippen molar-refractivity contribution < 1.29 is 22.4 Å². The molecule has 0 aliphatic heterocycles. The molecule has 2 aromatic rings. The largest absolute Gasteiger partial charge is 0.416 e. The van der Waals surface area contributed by atoms with Gasteiger partial charge < -0.3 is 10.2 Å². The molecular weight excluding hydrogens is 362 g/mol. The van der Waals surface area contributed by atoms with E-state index in [1.54, 1.807) is 26.2 Å². The van der Waals surface area contributed by atoms with Crippen molar-refractivity contribution >= 4 is 11.7 Å². The molecule has 1 aromatic heterocycles. The summed E-state index contributed by atoms with van der Waals surface area (Å²) in [5.74, 6) is -0.563. The summed E-state index contributed by atoms with van der Waals surface area (Å²) in [4.78, 5) is 17.5. The van der Waals surface area contributed by atoms with Crippen LogP contribution in [0.1, 0.15) is 34.3 Å². The summed E-state index contributed by atoms with van der Waals surface area (Å²) in [7, 11) is 3.28. The Hall–Kier alpha value is -2.64. The Morgan fingerprint density at radius 3 is 2.44 bits per heavy atom. The van der Waals surface area contributed by atoms with Crippen LogP contribution in [-0.4, -0.2) is 36.4 Å². The third kappa shape index (κ3) is 4.20. The van der Waals surface area contributed by atoms with Crippen LogP contribution in [0.25, 0.3) is 0 Å². The Morgan fingerprint density at radius 2 is 1.93 bits per heavy atom. The fourth-order valence-electron chi connectivity index (χ4n) is 2.92. The number of alkyl halides is 3. The number of nitrogens with zero attached hydrogens (tertiary/aromatic N) is 2. The minimum Gasteiger partial charge on any atom is -0.369 e. The topological polar surface area (TPSA) is 45.2 Å². The van der Waals surface area contributed by atoms with E-state index in [-0.39, 0.29) is 5.91 Å². The number of rotatable bonds is 5. The summed E-state index contributed by atoms with van der Waals surface area (Å²) in [6, 6.07) is 5.95. The Balaban J connectivity index is 1.73. The quantitative estimate of drug-likeness (QED) is 0.794. The van der Waals surface area contributed by atoms with Crippen molar-refractivity contribution in [2.45, 2.75) is 24.4 Å². The molecule has 1 N–H and O–H groups in total. The molecule has 4 nitrogen and oxygen atoms in total. The number of hydrogen-bond acceptors (Lipinski definition) is 3. The van der Waals surface area contributed by atoms with Crippen LogP contribution in [0.3, 0.4) is 0 Å². The van der Waals surface area contributed by atoms with Crippen molar-refractivity contribution in [2.24, 2.45) is 0 Å². The number of carbonyl (C=O) groups is 1. The molecule has 1 saturated carbocycles. The lowest BCUT2D eigenvalue weighted by Gasteiger charge is -2.19. The highest BCUT2D eigenvalue weighted by atomic mass is 19.4. The fraction of sp³-hybridized carbons (Fsp3) is 0.368. The Morgan fingerprint density at radius 1 is 1.22 bits per heavy atom. The van der Waals surface area contributed by atoms with Crippen LogP contribution >= 0.6 is 0 Å². The second-order valence-corrected chi connectivity index (χ2v) is 6.99. The summed E-state index contributed by atoms with van der Waals surface area (Å²) in [6.07, 6.45) is -1.82. The summed E-state index contributed by atoms with van der Waals surface area (Å²) in [5, 5.41) is 3.08. The maximum atomic E-state index is 13.7. The molecule has 27 heavy (non-hydrogen) atoms. The molecule has 1 fully saturated rings. The maximum absolute atomic E-state index is 13.7. The molecule has 0 saturated heterocycles. The second-order valence-electron chi connectivity index (χ2n) is 6.99. The SMILES string of the molecule is CN(C)C(=O)c1ccc(NCC2(c3cc(F)cc(C(F)(F)F)c3)CC2)nc1. The highest BCUT2D eigenvalue weighted by molar-refractivity contribution is 5.93. The first kappa shape index (κ1) is 19.1. The lowest BCUT2D eigenvalue weighted by atomic mass is 9.94. The second kappa shape index (κ2) is 6.83. The lowest BCUT2D eigenvalue weighted by molar-refractivity contribution is -0.137. The molecule has 0 spiro atoms. The molecule has 1 heterocycles. The maximum Gasteiger partial charge on any atom is 0.416 e. The van der Waals surface area contributed by atoms with Crippen molar-refractivity contribution in [3.8, 4) is 0 Å². The van der Waals surface area contributed by atoms with Gasteiger partial charge in [-0.05, 0) is 48.7 Å². The van der Waals surface area contributed by atoms with E-state index in [1.807, 2.05) is 0 Å². The summed E-state index contributed by atoms with van der Waals surface area (Å²) >= 11 is 0. The minimum absolute atomic E-state index is 0.174. The molecular formula is C19H19F4N3O. The van der Waals surface area contributed by atoms with Crippen LogP contribution in [0.5, 0.6) is 0 Å². The number of hydrogen-bond donors (Lipinski definition) is 1. The van der Waals surface area contributed by atoms with Gasteiger partial charge in [0.1, 0.15) is 11.6 Å². The van der Waals surface area contributed by atoms with Crippen LogP contribution in [0, 0.1) is 5.82 Å². The number of amides is 1. The van der Waals surface area contributed by atoms with E-state index in [0.29, 0.717) is 42.4 Å². The van der Waals surface area contributed by atoms with Crippen molar-refractivity contribution in [1.29, 1.82) is 0 Å². The average Bonchev–Trinajstić information content (AvgIpc) is 3.40. The van der Waals surface area contributed by atoms with E-state index in [9.17, 15) is 22.4 Å². The van der Waals surface area contributed by atoms with Gasteiger partial charge in [0.15, 0.2) is 0 Å². The zero-order valence-electron chi connectivity index (χ0n) is 14.9. The predicted octanol–water partition coefficient (Wildman–Crippen LogP) is 4.09. The summed E-state index contributed by atoms with van der Waals surface area (Å²) in [6.45, 7) is 0.335. The molecule has 144 valence electrons. The standard InChI is InChI=1S/C19H19F4N3O/c1-26(2)17(27)12-3-4-16(24-10-12)25-11-18(5-6-18)13-7-14(19(21,22)23)9-15(20)8-13/h3-4,7-10H,5-6,11H2,1-2H3,(H,24,25). The van der Waals surface area contributed by atoms with Gasteiger partial charge in [0.05, 0.1) is 11.1 Å². The van der Waals surface area contributed by atoms with E-state index < -0.39 is 23.0 Å². The number of benzene rings is 1. The van der Waals surface area contributed by atoms with E-state index >= 15 is 0 Å². The third-order valence-corrected chi connectivity index (χ3v) is 4.72. The number of anilines is 1. The predicted molar refractivity (Wildman–Crippen MR) is 93.1 cm³/mol. The van der Waals surface area contributed by atoms with Crippen LogP contribution in [0.15, 0.2) is 36.5 Å². The molecule has 1 aliphatic rings. The summed E-state index contributed by atoms with van der Waals surface area (Å²) < 4.78 is 52.5. The molecule has 0 unspecified atom stereocenters. The van der Waals surface area contributed by atoms with Crippen molar-refractivity contribution in [3.05, 3.63) is 59.0 Å². The zero-order chi connectivity index (χ0) is 19.8. The zero-order valence-corrected chi connectivity index (χ0v) is 14.9. The average molecular weight is 381 g/mol. The van der Waals surface area contributed by atoms with Gasteiger partial charge in [-0.2, -0.15) is 13.2 Å². The number of nitrogens with one attached hydrogen (secondary N) is 1. The normalized spacial score (nSPS) is 15.3. The van der Waals surface area contributed by atoms with E-state index in [2.05, 4.69) is 10.3 Å². The minimum atomic E-state index is -4.59. The Kier molecular flexibility index (Phi) is 4.84. The fourth-order valence-corrected chi connectivity index (χ4v) is 2.92. The molecule has 1 amide bonds. The number of halogens is 4. The van der Waals surface area contributed by atoms with Gasteiger partial charge in [-0.15, -0.1) is 0 Å². The van der Waals surface area contributed by atoms with E-state index in [4.69, 9.17) is 0 Å². The Labute approximate surface area is 154 Å². The molecule has 0 atom stereocenters. The highest BCUT2D eigenvalue weighted by Crippen LogP contribution is 2.49. The first-order valence-corrected chi connectivity index (χ1v) is 8.41. The number of aromatic nitrogens is 1. The number of pyridine rings is 1. The van der Waals surface area contributed by atoms with Gasteiger partial charge in [0, 0.05) is 32.3 Å². The van der Waals surface area contributed by atoms with Crippen molar-refractivity contribution in [2.75, 3.05) is 26.0 Å². The first-order chi connectivity index (χ1) is 12.6. The van der Waals surface area contributed by atoms with Gasteiger partial charge in [-0.1, -0.05) is 0 Å². The molecule has 8 heteroatoms. The molecule has 1 aliphatic carbocycles. The van der Waals surface area contributed by atoms with Crippen molar-refractivity contribution in [3.63, 3.8) is 0 Å². The van der Waals surface area contributed by atoms with Crippen molar-refractivity contribution in [1.82, 2.24) is 9.88 Å². The van der Waals surface area contributed by atoms with Gasteiger partial charge in [0.2, 0.25) is 0 Å². The van der Waals surface area contributed by atoms with E-state index in [0.717, 1.165) is 12.1 Å². The smallest absolute Gasteiger partial charge is 0.369 e. The van der Waals surface area contributed by atoms with Crippen LogP contribution in [0.4, 0.5) is 23.4 Å². The van der Waals surface area contributed by atoms with Gasteiger partial charge in [-0.3, -0.25) is 4.79 Å². The third-order valence-electron chi connectivity index (χ3n) is 4.72. The molecule has 0 radical (unpaired) electrons. The molecule has 3 rings (SSSR count). The van der Waals surface area contributed by atoms with Crippen LogP contribution < -0.4 is 5.32 Å². The van der Waals surface area contributed by atoms with Gasteiger partial charge >= 0.3 is 6.18 Å². The van der Waals surface area contributed by atoms with Crippen LogP contribution in [0.2, 0.25) is 0 Å². The monoisotopic (exact) mass is 381 g/mol. The molecule has 1 aromatic carbocycles. The summed E-state index contributed by atoms with van der Waals surface area (Å²) in [5.41, 5.74) is -0.746. The van der Waals surface area contributed by atoms with Gasteiger partial charge in [0.25, 0.3) is 5.91 Å².